The van der Waals surface area contributed by atoms with Crippen LogP contribution in [0.25, 0.3) is 0 Å². The molecule has 1 aromatic rings. The highest BCUT2D eigenvalue weighted by atomic mass is 16.2. The highest BCUT2D eigenvalue weighted by molar-refractivity contribution is 5.89. The van der Waals surface area contributed by atoms with E-state index in [1.165, 1.54) is 25.7 Å². The summed E-state index contributed by atoms with van der Waals surface area (Å²) in [4.78, 5) is 28.7. The summed E-state index contributed by atoms with van der Waals surface area (Å²) in [5, 5.41) is 7.06. The predicted octanol–water partition coefficient (Wildman–Crippen LogP) is 2.55. The lowest BCUT2D eigenvalue weighted by Crippen LogP contribution is -2.39. The monoisotopic (exact) mass is 347 g/mol. The van der Waals surface area contributed by atoms with Crippen molar-refractivity contribution in [1.82, 2.24) is 19.6 Å². The van der Waals surface area contributed by atoms with Gasteiger partial charge in [0, 0.05) is 45.3 Å². The first-order valence-electron chi connectivity index (χ1n) is 9.52. The van der Waals surface area contributed by atoms with Gasteiger partial charge in [0.05, 0.1) is 11.9 Å². The van der Waals surface area contributed by atoms with Gasteiger partial charge in [-0.2, -0.15) is 5.10 Å². The van der Waals surface area contributed by atoms with E-state index in [0.29, 0.717) is 37.7 Å². The lowest BCUT2D eigenvalue weighted by molar-refractivity contribution is -0.132. The number of nitrogens with zero attached hydrogens (tertiary/aromatic N) is 4. The number of aryl methyl sites for hydroxylation is 1. The molecule has 25 heavy (non-hydrogen) atoms. The second kappa shape index (κ2) is 8.36. The molecule has 1 aliphatic carbocycles. The Labute approximate surface area is 149 Å². The highest BCUT2D eigenvalue weighted by Gasteiger charge is 2.25. The topological polar surface area (TPSA) is 70.5 Å². The van der Waals surface area contributed by atoms with Crippen LogP contribution in [0.15, 0.2) is 12.4 Å². The first-order chi connectivity index (χ1) is 12.2. The first kappa shape index (κ1) is 17.8. The van der Waals surface area contributed by atoms with Crippen LogP contribution in [-0.4, -0.2) is 57.7 Å². The summed E-state index contributed by atoms with van der Waals surface area (Å²) in [6, 6.07) is -0.110. The van der Waals surface area contributed by atoms with Crippen LogP contribution in [0, 0.1) is 5.92 Å². The fourth-order valence-electron chi connectivity index (χ4n) is 3.76. The van der Waals surface area contributed by atoms with Crippen molar-refractivity contribution in [1.29, 1.82) is 0 Å². The molecule has 7 nitrogen and oxygen atoms in total. The largest absolute Gasteiger partial charge is 0.341 e. The molecule has 0 radical (unpaired) electrons. The molecule has 3 rings (SSSR count). The summed E-state index contributed by atoms with van der Waals surface area (Å²) < 4.78 is 1.78. The third-order valence-corrected chi connectivity index (χ3v) is 5.28. The van der Waals surface area contributed by atoms with Gasteiger partial charge in [-0.25, -0.2) is 4.79 Å². The SMILES string of the molecule is CCn1cc(NC(=O)N2CCCN(C(=O)CC3CCCC3)CC2)cn1. The molecule has 2 fully saturated rings. The molecule has 0 spiro atoms. The minimum Gasteiger partial charge on any atom is -0.341 e. The summed E-state index contributed by atoms with van der Waals surface area (Å²) in [6.07, 6.45) is 9.92. The summed E-state index contributed by atoms with van der Waals surface area (Å²) in [5.74, 6) is 0.837. The maximum atomic E-state index is 12.5. The predicted molar refractivity (Wildman–Crippen MR) is 96.3 cm³/mol. The summed E-state index contributed by atoms with van der Waals surface area (Å²) in [6.45, 7) is 5.43. The molecule has 1 aromatic heterocycles. The summed E-state index contributed by atoms with van der Waals surface area (Å²) in [5.41, 5.74) is 0.713. The van der Waals surface area contributed by atoms with E-state index in [4.69, 9.17) is 0 Å². The lowest BCUT2D eigenvalue weighted by Gasteiger charge is -2.23. The molecule has 1 saturated heterocycles. The van der Waals surface area contributed by atoms with Crippen LogP contribution in [-0.2, 0) is 11.3 Å². The Morgan fingerprint density at radius 1 is 1.12 bits per heavy atom. The quantitative estimate of drug-likeness (QED) is 0.910. The average Bonchev–Trinajstić information content (AvgIpc) is 3.21. The third kappa shape index (κ3) is 4.74. The van der Waals surface area contributed by atoms with Gasteiger partial charge in [0.15, 0.2) is 0 Å². The van der Waals surface area contributed by atoms with Crippen molar-refractivity contribution in [2.24, 2.45) is 5.92 Å². The van der Waals surface area contributed by atoms with Crippen LogP contribution in [0.3, 0.4) is 0 Å². The van der Waals surface area contributed by atoms with Crippen molar-refractivity contribution in [3.63, 3.8) is 0 Å². The number of carbonyl (C=O) groups excluding carboxylic acids is 2. The zero-order valence-electron chi connectivity index (χ0n) is 15.1. The van der Waals surface area contributed by atoms with E-state index >= 15 is 0 Å². The smallest absolute Gasteiger partial charge is 0.321 e. The van der Waals surface area contributed by atoms with Crippen LogP contribution < -0.4 is 5.32 Å². The zero-order chi connectivity index (χ0) is 17.6. The zero-order valence-corrected chi connectivity index (χ0v) is 15.1. The average molecular weight is 347 g/mol. The molecule has 2 heterocycles. The standard InChI is InChI=1S/C18H29N5O2/c1-2-23-14-16(13-19-23)20-18(25)22-9-5-8-21(10-11-22)17(24)12-15-6-3-4-7-15/h13-15H,2-12H2,1H3,(H,20,25). The second-order valence-electron chi connectivity index (χ2n) is 7.09. The van der Waals surface area contributed by atoms with Crippen LogP contribution in [0.2, 0.25) is 0 Å². The van der Waals surface area contributed by atoms with Gasteiger partial charge in [0.25, 0.3) is 0 Å². The maximum absolute atomic E-state index is 12.5. The number of nitrogens with one attached hydrogen (secondary N) is 1. The van der Waals surface area contributed by atoms with Crippen molar-refractivity contribution in [3.05, 3.63) is 12.4 Å². The molecular weight excluding hydrogens is 318 g/mol. The Kier molecular flexibility index (Phi) is 5.94. The normalized spacial score (nSPS) is 19.1. The van der Waals surface area contributed by atoms with Crippen LogP contribution >= 0.6 is 0 Å². The molecule has 0 bridgehead atoms. The van der Waals surface area contributed by atoms with Gasteiger partial charge in [-0.15, -0.1) is 0 Å². The van der Waals surface area contributed by atoms with Gasteiger partial charge in [0.1, 0.15) is 0 Å². The number of aromatic nitrogens is 2. The van der Waals surface area contributed by atoms with Crippen LogP contribution in [0.4, 0.5) is 10.5 Å². The maximum Gasteiger partial charge on any atom is 0.321 e. The number of carbonyl (C=O) groups is 2. The third-order valence-electron chi connectivity index (χ3n) is 5.28. The highest BCUT2D eigenvalue weighted by Crippen LogP contribution is 2.28. The van der Waals surface area contributed by atoms with Gasteiger partial charge in [-0.1, -0.05) is 12.8 Å². The Bertz CT molecular complexity index is 594. The van der Waals surface area contributed by atoms with Crippen molar-refractivity contribution >= 4 is 17.6 Å². The number of hydrogen-bond donors (Lipinski definition) is 1. The molecule has 0 unspecified atom stereocenters. The number of anilines is 1. The summed E-state index contributed by atoms with van der Waals surface area (Å²) >= 11 is 0. The molecule has 3 amide bonds. The molecule has 2 aliphatic rings. The summed E-state index contributed by atoms with van der Waals surface area (Å²) in [7, 11) is 0. The Morgan fingerprint density at radius 2 is 1.84 bits per heavy atom. The van der Waals surface area contributed by atoms with Crippen molar-refractivity contribution in [2.45, 2.75) is 52.0 Å². The lowest BCUT2D eigenvalue weighted by atomic mass is 10.0. The minimum absolute atomic E-state index is 0.110. The van der Waals surface area contributed by atoms with Crippen LogP contribution in [0.1, 0.15) is 45.4 Å². The fraction of sp³-hybridized carbons (Fsp3) is 0.722. The van der Waals surface area contributed by atoms with Gasteiger partial charge in [-0.3, -0.25) is 9.48 Å². The van der Waals surface area contributed by atoms with Crippen molar-refractivity contribution in [2.75, 3.05) is 31.5 Å². The van der Waals surface area contributed by atoms with E-state index in [2.05, 4.69) is 10.4 Å². The van der Waals surface area contributed by atoms with Crippen LogP contribution in [0.5, 0.6) is 0 Å². The van der Waals surface area contributed by atoms with Gasteiger partial charge < -0.3 is 15.1 Å². The number of amides is 3. The Balaban J connectivity index is 1.48. The van der Waals surface area contributed by atoms with E-state index in [1.807, 2.05) is 18.0 Å². The van der Waals surface area contributed by atoms with E-state index in [1.54, 1.807) is 15.8 Å². The molecular formula is C18H29N5O2. The van der Waals surface area contributed by atoms with Gasteiger partial charge in [-0.05, 0) is 32.1 Å². The first-order valence-corrected chi connectivity index (χ1v) is 9.52. The molecule has 1 aliphatic heterocycles. The number of rotatable bonds is 4. The second-order valence-corrected chi connectivity index (χ2v) is 7.09. The molecule has 0 atom stereocenters. The number of hydrogen-bond acceptors (Lipinski definition) is 3. The van der Waals surface area contributed by atoms with E-state index < -0.39 is 0 Å². The van der Waals surface area contributed by atoms with Crippen molar-refractivity contribution < 1.29 is 9.59 Å². The molecule has 1 saturated carbocycles. The van der Waals surface area contributed by atoms with E-state index in [9.17, 15) is 9.59 Å². The van der Waals surface area contributed by atoms with Gasteiger partial charge in [0.2, 0.25) is 5.91 Å². The van der Waals surface area contributed by atoms with E-state index in [0.717, 1.165) is 19.5 Å². The number of urea groups is 1. The Morgan fingerprint density at radius 3 is 2.56 bits per heavy atom. The molecule has 7 heteroatoms. The molecule has 0 aromatic carbocycles. The van der Waals surface area contributed by atoms with Gasteiger partial charge >= 0.3 is 6.03 Å². The van der Waals surface area contributed by atoms with Crippen molar-refractivity contribution in [3.8, 4) is 0 Å². The molecule has 138 valence electrons. The fourth-order valence-corrected chi connectivity index (χ4v) is 3.76. The Hall–Kier alpha value is -2.05. The van der Waals surface area contributed by atoms with E-state index in [-0.39, 0.29) is 11.9 Å². The molecule has 1 N–H and O–H groups in total. The minimum atomic E-state index is -0.110.